The van der Waals surface area contributed by atoms with Gasteiger partial charge in [0.1, 0.15) is 118 Å². The summed E-state index contributed by atoms with van der Waals surface area (Å²) in [6.45, 7) is 51.6. The Labute approximate surface area is 612 Å². The second kappa shape index (κ2) is 46.2. The van der Waals surface area contributed by atoms with E-state index in [-0.39, 0.29) is 0 Å². The monoisotopic (exact) mass is 1360 g/mol. The number of hydrogen-bond acceptors (Lipinski definition) is 0. The lowest BCUT2D eigenvalue weighted by Gasteiger charge is -2.46. The van der Waals surface area contributed by atoms with Gasteiger partial charge in [0.15, 0.2) is 0 Å². The average molecular weight is 1360 g/mol. The van der Waals surface area contributed by atoms with Crippen LogP contribution in [0.1, 0.15) is 294 Å². The molecule has 0 radical (unpaired) electrons. The molecule has 0 N–H and O–H groups in total. The average Bonchev–Trinajstić information content (AvgIpc) is 0.821. The summed E-state index contributed by atoms with van der Waals surface area (Å²) in [5.41, 5.74) is 9.37. The first-order valence-electron chi connectivity index (χ1n) is 43.1. The van der Waals surface area contributed by atoms with Crippen LogP contribution in [0.4, 0.5) is 0 Å². The minimum atomic E-state index is 1.14. The van der Waals surface area contributed by atoms with E-state index in [4.69, 9.17) is 0 Å². The van der Waals surface area contributed by atoms with Gasteiger partial charge in [-0.2, -0.15) is 0 Å². The van der Waals surface area contributed by atoms with Crippen LogP contribution in [0, 0.1) is 0 Å². The maximum Gasteiger partial charge on any atom is 0.129 e. The number of unbranched alkanes of at least 4 members (excludes halogenated alkanes) is 24. The lowest BCUT2D eigenvalue weighted by molar-refractivity contribution is -1.02. The summed E-state index contributed by atoms with van der Waals surface area (Å²) >= 11 is 0. The minimum Gasteiger partial charge on any atom is -0.318 e. The molecule has 6 atom stereocenters. The number of likely N-dealkylation sites (N-methyl/N-ethyl adjacent to an activating group) is 6. The van der Waals surface area contributed by atoms with Crippen molar-refractivity contribution in [1.29, 1.82) is 0 Å². The highest BCUT2D eigenvalue weighted by Crippen LogP contribution is 2.29. The quantitative estimate of drug-likeness (QED) is 0.0393. The van der Waals surface area contributed by atoms with Crippen molar-refractivity contribution >= 4 is 0 Å². The van der Waals surface area contributed by atoms with E-state index < -0.39 is 0 Å². The zero-order chi connectivity index (χ0) is 71.0. The van der Waals surface area contributed by atoms with Crippen LogP contribution in [0.3, 0.4) is 0 Å². The van der Waals surface area contributed by atoms with Crippen LogP contribution in [0.15, 0.2) is 72.8 Å². The van der Waals surface area contributed by atoms with Gasteiger partial charge in [-0.1, -0.05) is 231 Å². The molecular weight excluding hydrogens is 1190 g/mol. The molecule has 12 aliphatic heterocycles. The fraction of sp³-hybridized carbons (Fsp3) is 0.800. The Bertz CT molecular complexity index is 2060. The topological polar surface area (TPSA) is 0 Å². The van der Waals surface area contributed by atoms with Gasteiger partial charge in [0.05, 0.1) is 94.6 Å². The molecule has 12 aliphatic rings. The minimum absolute atomic E-state index is 1.14. The van der Waals surface area contributed by atoms with Gasteiger partial charge in [0.25, 0.3) is 0 Å². The molecule has 0 spiro atoms. The maximum atomic E-state index is 2.71. The van der Waals surface area contributed by atoms with Gasteiger partial charge in [-0.15, -0.1) is 0 Å². The SMILES string of the molecule is CCCCCC[N+]1(C)CC[N+]2(CCCCCC)CC[N+](C)(CCCCCC)Cc3ccc(cc3)C[N+](C)(CCCCCC)CC[N+](CCCCCC)(CC[N+](C)(CCCCCC)Cc3ccc(cc3)C1)CC[N+](C)(CCCCCC)Cc1ccc(cc1)C[N+](C)(CCCCCC)CC2. The number of quaternary nitrogens is 8. The molecule has 0 amide bonds. The van der Waals surface area contributed by atoms with E-state index in [0.717, 1.165) is 66.2 Å². The molecule has 0 fully saturated rings. The molecule has 3 aromatic carbocycles. The van der Waals surface area contributed by atoms with Gasteiger partial charge in [-0.25, -0.2) is 0 Å². The molecule has 8 heteroatoms. The van der Waals surface area contributed by atoms with E-state index >= 15 is 0 Å². The summed E-state index contributed by atoms with van der Waals surface area (Å²) in [7, 11) is 16.3. The van der Waals surface area contributed by atoms with Gasteiger partial charge in [-0.3, -0.25) is 0 Å². The molecule has 12 heterocycles. The van der Waals surface area contributed by atoms with Gasteiger partial charge in [0.2, 0.25) is 0 Å². The van der Waals surface area contributed by atoms with Gasteiger partial charge in [0, 0.05) is 33.4 Å². The van der Waals surface area contributed by atoms with Crippen LogP contribution in [-0.2, 0) is 39.3 Å². The highest BCUT2D eigenvalue weighted by Gasteiger charge is 2.41. The molecule has 0 saturated heterocycles. The third-order valence-corrected chi connectivity index (χ3v) is 25.4. The van der Waals surface area contributed by atoms with Crippen LogP contribution >= 0.6 is 0 Å². The summed E-state index contributed by atoms with van der Waals surface area (Å²) < 4.78 is 9.45. The maximum absolute atomic E-state index is 2.71. The van der Waals surface area contributed by atoms with E-state index in [1.165, 1.54) is 345 Å². The fourth-order valence-corrected chi connectivity index (χ4v) is 17.8. The van der Waals surface area contributed by atoms with Crippen molar-refractivity contribution < 1.29 is 35.9 Å². The third kappa shape index (κ3) is 33.0. The summed E-state index contributed by atoms with van der Waals surface area (Å²) in [5.74, 6) is 0. The predicted molar refractivity (Wildman–Crippen MR) is 430 cm³/mol. The molecule has 98 heavy (non-hydrogen) atoms. The Morgan fingerprint density at radius 1 is 0.173 bits per heavy atom. The van der Waals surface area contributed by atoms with E-state index in [2.05, 4.69) is 170 Å². The molecule has 15 rings (SSSR count). The molecule has 562 valence electrons. The molecule has 6 unspecified atom stereocenters. The lowest BCUT2D eigenvalue weighted by atomic mass is 10.1. The molecule has 3 aromatic rings. The van der Waals surface area contributed by atoms with Crippen LogP contribution in [-0.4, -0.2) is 209 Å². The second-order valence-electron chi connectivity index (χ2n) is 35.8. The lowest BCUT2D eigenvalue weighted by Crippen LogP contribution is -2.63. The highest BCUT2D eigenvalue weighted by atomic mass is 15.5. The smallest absolute Gasteiger partial charge is 0.129 e. The summed E-state index contributed by atoms with van der Waals surface area (Å²) in [6, 6.07) is 31.6. The zero-order valence-electron chi connectivity index (χ0n) is 68.5. The Morgan fingerprint density at radius 2 is 0.306 bits per heavy atom. The Morgan fingerprint density at radius 3 is 0.439 bits per heavy atom. The van der Waals surface area contributed by atoms with Gasteiger partial charge >= 0.3 is 0 Å². The van der Waals surface area contributed by atoms with Crippen LogP contribution in [0.2, 0.25) is 0 Å². The number of hydrogen-bond donors (Lipinski definition) is 0. The predicted octanol–water partition coefficient (Wildman–Crippen LogP) is 21.1. The van der Waals surface area contributed by atoms with Crippen molar-refractivity contribution in [3.05, 3.63) is 106 Å². The fourth-order valence-electron chi connectivity index (χ4n) is 17.8. The number of nitrogens with zero attached hydrogens (tertiary/aromatic N) is 8. The van der Waals surface area contributed by atoms with E-state index in [1.807, 2.05) is 0 Å². The van der Waals surface area contributed by atoms with Crippen molar-refractivity contribution in [2.45, 2.75) is 300 Å². The summed E-state index contributed by atoms with van der Waals surface area (Å²) in [4.78, 5) is 0. The second-order valence-corrected chi connectivity index (χ2v) is 35.8. The van der Waals surface area contributed by atoms with Crippen LogP contribution in [0.25, 0.3) is 0 Å². The standard InChI is InChI=1S/C90H170N8/c1-15-23-31-39-59-91(9)67-73-97(65-45-37-29-21-7)74-68-92(10,60-40-32-24-16-2)81-87-51-55-89(56-52-87)83-95(13,63-43-35-27-19-5)71-77-98(66-46-38-30-22-8,76-70-94(12,62-42-34-26-18-4)80-86-49-47-85(79-91)48-50-86)78-72-96(14,64-44-36-28-20-6)84-90-57-53-88(54-58-90)82-93(11,69-75-97)61-41-33-25-17-3/h47-58H,15-46,59-84H2,1-14H3/q+8. The third-order valence-electron chi connectivity index (χ3n) is 25.4. The molecule has 0 aliphatic carbocycles. The van der Waals surface area contributed by atoms with Crippen molar-refractivity contribution in [3.8, 4) is 0 Å². The van der Waals surface area contributed by atoms with E-state index in [9.17, 15) is 0 Å². The van der Waals surface area contributed by atoms with Gasteiger partial charge < -0.3 is 35.9 Å². The largest absolute Gasteiger partial charge is 0.318 e. The van der Waals surface area contributed by atoms with Crippen LogP contribution in [0.5, 0.6) is 0 Å². The first-order chi connectivity index (χ1) is 47.2. The molecule has 8 bridgehead atoms. The van der Waals surface area contributed by atoms with Crippen LogP contribution < -0.4 is 0 Å². The summed E-state index contributed by atoms with van der Waals surface area (Å²) in [6.07, 6.45) is 42.7. The van der Waals surface area contributed by atoms with Crippen molar-refractivity contribution in [2.24, 2.45) is 0 Å². The van der Waals surface area contributed by atoms with Gasteiger partial charge in [-0.05, 0) is 103 Å². The van der Waals surface area contributed by atoms with Crippen molar-refractivity contribution in [2.75, 3.05) is 173 Å². The Hall–Kier alpha value is -2.66. The Kier molecular flexibility index (Phi) is 40.6. The van der Waals surface area contributed by atoms with E-state index in [0.29, 0.717) is 0 Å². The number of benzene rings is 3. The molecule has 0 saturated carbocycles. The van der Waals surface area contributed by atoms with Crippen molar-refractivity contribution in [3.63, 3.8) is 0 Å². The first-order valence-corrected chi connectivity index (χ1v) is 43.1. The normalized spacial score (nSPS) is 27.5. The van der Waals surface area contributed by atoms with Crippen molar-refractivity contribution in [1.82, 2.24) is 0 Å². The molecule has 0 aromatic heterocycles. The van der Waals surface area contributed by atoms with E-state index in [1.54, 1.807) is 33.4 Å². The molecule has 8 nitrogen and oxygen atoms in total. The zero-order valence-corrected chi connectivity index (χ0v) is 68.5. The highest BCUT2D eigenvalue weighted by molar-refractivity contribution is 5.23. The first kappa shape index (κ1) is 86.0. The Balaban J connectivity index is 1.86. The number of rotatable bonds is 40. The molecular formula is C90H170N8+8. The summed E-state index contributed by atoms with van der Waals surface area (Å²) in [5, 5.41) is 0.